The lowest BCUT2D eigenvalue weighted by Crippen LogP contribution is -2.37. The maximum Gasteiger partial charge on any atom is 0.340 e. The van der Waals surface area contributed by atoms with E-state index in [1.165, 1.54) is 17.7 Å². The van der Waals surface area contributed by atoms with Crippen LogP contribution in [-0.2, 0) is 20.7 Å². The highest BCUT2D eigenvalue weighted by atomic mass is 19.1. The fraction of sp³-hybridized carbons (Fsp3) is 0.415. The fourth-order valence-electron chi connectivity index (χ4n) is 6.52. The highest BCUT2D eigenvalue weighted by Crippen LogP contribution is 2.45. The average molecular weight is 653 g/mol. The van der Waals surface area contributed by atoms with Gasteiger partial charge in [0.15, 0.2) is 6.10 Å². The lowest BCUT2D eigenvalue weighted by molar-refractivity contribution is -0.171. The number of halogens is 1. The van der Waals surface area contributed by atoms with Gasteiger partial charge in [-0.3, -0.25) is 4.98 Å². The van der Waals surface area contributed by atoms with Crippen molar-refractivity contribution < 1.29 is 23.4 Å². The molecule has 3 aromatic carbocycles. The van der Waals surface area contributed by atoms with E-state index in [9.17, 15) is 9.18 Å². The Labute approximate surface area is 285 Å². The molecule has 0 bridgehead atoms. The quantitative estimate of drug-likeness (QED) is 0.151. The van der Waals surface area contributed by atoms with Gasteiger partial charge in [0.2, 0.25) is 0 Å². The van der Waals surface area contributed by atoms with Gasteiger partial charge >= 0.3 is 5.97 Å². The Hall–Kier alpha value is -4.23. The van der Waals surface area contributed by atoms with E-state index in [1.807, 2.05) is 60.6 Å². The molecule has 1 fully saturated rings. The van der Waals surface area contributed by atoms with Crippen molar-refractivity contribution in [3.63, 3.8) is 0 Å². The summed E-state index contributed by atoms with van der Waals surface area (Å²) in [5.41, 5.74) is 7.11. The maximum absolute atomic E-state index is 13.8. The van der Waals surface area contributed by atoms with Crippen molar-refractivity contribution in [3.8, 4) is 16.9 Å². The molecular weight excluding hydrogens is 603 g/mol. The molecular formula is C41H49FN2O4. The van der Waals surface area contributed by atoms with Crippen molar-refractivity contribution in [2.75, 3.05) is 24.6 Å². The Balaban J connectivity index is 1.52. The number of hydrogen-bond acceptors (Lipinski definition) is 6. The third-order valence-electron chi connectivity index (χ3n) is 8.68. The SMILES string of the molecule is Cc1nc(C)c(C(OC(C)(C)C)C(=O)OC(C)C)c(N2CCC(c3ccccc3)CC2)c1-c1ccc(OCCc2ccc(F)cc2)cc1. The summed E-state index contributed by atoms with van der Waals surface area (Å²) in [4.78, 5) is 21.3. The first-order valence-corrected chi connectivity index (χ1v) is 17.1. The highest BCUT2D eigenvalue weighted by Gasteiger charge is 2.37. The minimum absolute atomic E-state index is 0.243. The number of rotatable bonds is 11. The van der Waals surface area contributed by atoms with Crippen molar-refractivity contribution in [2.45, 2.75) is 91.5 Å². The van der Waals surface area contributed by atoms with Gasteiger partial charge in [0, 0.05) is 42.0 Å². The zero-order valence-corrected chi connectivity index (χ0v) is 29.4. The van der Waals surface area contributed by atoms with E-state index in [-0.39, 0.29) is 11.9 Å². The van der Waals surface area contributed by atoms with Crippen LogP contribution in [0.1, 0.15) is 87.6 Å². The molecule has 1 unspecified atom stereocenters. The number of piperidine rings is 1. The summed E-state index contributed by atoms with van der Waals surface area (Å²) in [5, 5.41) is 0. The molecule has 2 heterocycles. The molecule has 0 N–H and O–H groups in total. The van der Waals surface area contributed by atoms with Crippen molar-refractivity contribution in [1.82, 2.24) is 4.98 Å². The molecule has 0 saturated carbocycles. The lowest BCUT2D eigenvalue weighted by atomic mass is 9.87. The monoisotopic (exact) mass is 652 g/mol. The molecule has 1 saturated heterocycles. The van der Waals surface area contributed by atoms with Crippen molar-refractivity contribution in [3.05, 3.63) is 113 Å². The third kappa shape index (κ3) is 8.81. The fourth-order valence-corrected chi connectivity index (χ4v) is 6.52. The molecule has 5 rings (SSSR count). The number of hydrogen-bond donors (Lipinski definition) is 0. The van der Waals surface area contributed by atoms with Gasteiger partial charge < -0.3 is 19.1 Å². The summed E-state index contributed by atoms with van der Waals surface area (Å²) >= 11 is 0. The second kappa shape index (κ2) is 15.3. The summed E-state index contributed by atoms with van der Waals surface area (Å²) < 4.78 is 31.7. The number of pyridine rings is 1. The van der Waals surface area contributed by atoms with Gasteiger partial charge in [-0.05, 0) is 108 Å². The van der Waals surface area contributed by atoms with Crippen molar-refractivity contribution >= 4 is 11.7 Å². The molecule has 0 amide bonds. The van der Waals surface area contributed by atoms with Crippen LogP contribution < -0.4 is 9.64 Å². The van der Waals surface area contributed by atoms with Crippen molar-refractivity contribution in [2.24, 2.45) is 0 Å². The first-order chi connectivity index (χ1) is 22.9. The van der Waals surface area contributed by atoms with Gasteiger partial charge in [0.05, 0.1) is 24.0 Å². The van der Waals surface area contributed by atoms with Crippen molar-refractivity contribution in [1.29, 1.82) is 0 Å². The Bertz CT molecular complexity index is 1660. The second-order valence-corrected chi connectivity index (χ2v) is 13.9. The normalized spacial score (nSPS) is 14.6. The number of anilines is 1. The van der Waals surface area contributed by atoms with Crippen LogP contribution in [0.15, 0.2) is 78.9 Å². The number of carbonyl (C=O) groups excluding carboxylic acids is 1. The van der Waals surface area contributed by atoms with E-state index < -0.39 is 17.7 Å². The first-order valence-electron chi connectivity index (χ1n) is 17.1. The van der Waals surface area contributed by atoms with Gasteiger partial charge in [-0.2, -0.15) is 0 Å². The molecule has 254 valence electrons. The maximum atomic E-state index is 13.8. The Morgan fingerprint density at radius 3 is 2.17 bits per heavy atom. The number of nitrogens with zero attached hydrogens (tertiary/aromatic N) is 2. The molecule has 1 aliphatic heterocycles. The molecule has 1 aliphatic rings. The number of carbonyl (C=O) groups is 1. The third-order valence-corrected chi connectivity index (χ3v) is 8.68. The zero-order valence-electron chi connectivity index (χ0n) is 29.4. The number of aryl methyl sites for hydroxylation is 2. The first kappa shape index (κ1) is 35.1. The van der Waals surface area contributed by atoms with Crippen LogP contribution in [0.4, 0.5) is 10.1 Å². The Kier molecular flexibility index (Phi) is 11.2. The zero-order chi connectivity index (χ0) is 34.4. The lowest BCUT2D eigenvalue weighted by Gasteiger charge is -2.38. The van der Waals surface area contributed by atoms with Crippen LogP contribution in [0.25, 0.3) is 11.1 Å². The molecule has 1 aromatic heterocycles. The van der Waals surface area contributed by atoms with Crippen LogP contribution in [0.3, 0.4) is 0 Å². The van der Waals surface area contributed by atoms with Gasteiger partial charge in [0.1, 0.15) is 11.6 Å². The molecule has 0 spiro atoms. The summed E-state index contributed by atoms with van der Waals surface area (Å²) in [5.74, 6) is 0.563. The topological polar surface area (TPSA) is 60.9 Å². The number of benzene rings is 3. The van der Waals surface area contributed by atoms with E-state index in [0.717, 1.165) is 71.0 Å². The smallest absolute Gasteiger partial charge is 0.340 e. The molecule has 0 aliphatic carbocycles. The average Bonchev–Trinajstić information content (AvgIpc) is 3.05. The number of aromatic nitrogens is 1. The largest absolute Gasteiger partial charge is 0.493 e. The van der Waals surface area contributed by atoms with E-state index in [1.54, 1.807) is 12.1 Å². The van der Waals surface area contributed by atoms with Crippen LogP contribution >= 0.6 is 0 Å². The number of esters is 1. The van der Waals surface area contributed by atoms with E-state index in [0.29, 0.717) is 18.9 Å². The highest BCUT2D eigenvalue weighted by molar-refractivity contribution is 5.88. The molecule has 4 aromatic rings. The molecule has 0 radical (unpaired) electrons. The minimum atomic E-state index is -0.949. The molecule has 48 heavy (non-hydrogen) atoms. The molecule has 1 atom stereocenters. The van der Waals surface area contributed by atoms with E-state index in [4.69, 9.17) is 19.2 Å². The van der Waals surface area contributed by atoms with Crippen LogP contribution in [0, 0.1) is 19.7 Å². The van der Waals surface area contributed by atoms with Crippen LogP contribution in [0.2, 0.25) is 0 Å². The second-order valence-electron chi connectivity index (χ2n) is 13.9. The standard InChI is InChI=1S/C41H49FN2O4/c1-27(2)47-40(45)39(48-41(5,6)7)37-29(4)43-28(3)36(38(37)44-24-21-32(22-25-44)31-11-9-8-10-12-31)33-15-19-35(20-16-33)46-26-23-30-13-17-34(42)18-14-30/h8-20,27,32,39H,21-26H2,1-7H3. The molecule has 6 nitrogen and oxygen atoms in total. The Morgan fingerprint density at radius 2 is 1.56 bits per heavy atom. The van der Waals surface area contributed by atoms with Gasteiger partial charge in [-0.25, -0.2) is 9.18 Å². The molecule has 7 heteroatoms. The predicted molar refractivity (Wildman–Crippen MR) is 190 cm³/mol. The Morgan fingerprint density at radius 1 is 0.917 bits per heavy atom. The van der Waals surface area contributed by atoms with Crippen LogP contribution in [0.5, 0.6) is 5.75 Å². The summed E-state index contributed by atoms with van der Waals surface area (Å²) in [7, 11) is 0. The predicted octanol–water partition coefficient (Wildman–Crippen LogP) is 9.32. The van der Waals surface area contributed by atoms with Gasteiger partial charge in [-0.15, -0.1) is 0 Å². The summed E-state index contributed by atoms with van der Waals surface area (Å²) in [6.07, 6.45) is 1.42. The minimum Gasteiger partial charge on any atom is -0.493 e. The van der Waals surface area contributed by atoms with E-state index >= 15 is 0 Å². The summed E-state index contributed by atoms with van der Waals surface area (Å²) in [6.45, 7) is 15.7. The van der Waals surface area contributed by atoms with Gasteiger partial charge in [-0.1, -0.05) is 54.6 Å². The van der Waals surface area contributed by atoms with Gasteiger partial charge in [0.25, 0.3) is 0 Å². The summed E-state index contributed by atoms with van der Waals surface area (Å²) in [6, 6.07) is 25.3. The number of ether oxygens (including phenoxy) is 3. The van der Waals surface area contributed by atoms with Crippen LogP contribution in [-0.4, -0.2) is 42.4 Å². The van der Waals surface area contributed by atoms with E-state index in [2.05, 4.69) is 47.4 Å².